The van der Waals surface area contributed by atoms with Gasteiger partial charge in [0.25, 0.3) is 0 Å². The number of hydrogen-bond donors (Lipinski definition) is 0. The Balaban J connectivity index is 4.40. The number of hydrogen-bond acceptors (Lipinski definition) is 6. The minimum absolute atomic E-state index is 0.0951. The maximum Gasteiger partial charge on any atom is 0.306 e. The molecule has 0 aromatic heterocycles. The molecule has 0 aliphatic heterocycles. The lowest BCUT2D eigenvalue weighted by Crippen LogP contribution is -2.30. The fraction of sp³-hybridized carbons (Fsp3) is 0.687. The van der Waals surface area contributed by atoms with E-state index in [0.717, 1.165) is 122 Å². The van der Waals surface area contributed by atoms with Gasteiger partial charge >= 0.3 is 17.9 Å². The van der Waals surface area contributed by atoms with E-state index in [0.29, 0.717) is 19.3 Å². The molecule has 1 atom stereocenters. The third kappa shape index (κ3) is 58.8. The average molecular weight is 1010 g/mol. The number of rotatable bonds is 54. The molecule has 0 heterocycles. The number of carbonyl (C=O) groups excluding carboxylic acids is 3. The van der Waals surface area contributed by atoms with Gasteiger partial charge in [0, 0.05) is 19.3 Å². The topological polar surface area (TPSA) is 78.9 Å². The van der Waals surface area contributed by atoms with Gasteiger partial charge in [-0.2, -0.15) is 0 Å². The summed E-state index contributed by atoms with van der Waals surface area (Å²) in [4.78, 5) is 38.2. The summed E-state index contributed by atoms with van der Waals surface area (Å²) in [5.41, 5.74) is 0. The van der Waals surface area contributed by atoms with Gasteiger partial charge in [0.1, 0.15) is 13.2 Å². The Bertz CT molecular complexity index is 1490. The molecule has 6 heteroatoms. The van der Waals surface area contributed by atoms with E-state index < -0.39 is 6.10 Å². The average Bonchev–Trinajstić information content (AvgIpc) is 3.39. The number of allylic oxidation sites excluding steroid dienone is 18. The minimum atomic E-state index is -0.798. The quantitative estimate of drug-likeness (QED) is 0.0261. The molecular formula is C67H112O6. The summed E-state index contributed by atoms with van der Waals surface area (Å²) in [6.07, 6.45) is 82.3. The van der Waals surface area contributed by atoms with Crippen molar-refractivity contribution in [3.8, 4) is 0 Å². The molecule has 0 amide bonds. The summed E-state index contributed by atoms with van der Waals surface area (Å²) >= 11 is 0. The van der Waals surface area contributed by atoms with Crippen LogP contribution in [0.4, 0.5) is 0 Å². The zero-order chi connectivity index (χ0) is 52.9. The highest BCUT2D eigenvalue weighted by atomic mass is 16.6. The second kappa shape index (κ2) is 60.6. The SMILES string of the molecule is CC/C=C\C/C=C\C/C=C\C/C=C\C/C=C\CCCCCCCCCC(=O)OCC(COC(=O)CCCCC/C=C\C/C=C\C/C=C\CC)OC(=O)CCCCCCCCCCC/C=C\CCCCCCCC. The molecule has 0 rings (SSSR count). The highest BCUT2D eigenvalue weighted by Crippen LogP contribution is 2.15. The molecule has 416 valence electrons. The van der Waals surface area contributed by atoms with E-state index in [1.807, 2.05) is 0 Å². The lowest BCUT2D eigenvalue weighted by molar-refractivity contribution is -0.167. The van der Waals surface area contributed by atoms with Crippen molar-refractivity contribution >= 4 is 17.9 Å². The van der Waals surface area contributed by atoms with Crippen LogP contribution in [0.3, 0.4) is 0 Å². The van der Waals surface area contributed by atoms with Gasteiger partial charge in [-0.05, 0) is 122 Å². The first-order valence-corrected chi connectivity index (χ1v) is 30.4. The Morgan fingerprint density at radius 2 is 0.534 bits per heavy atom. The van der Waals surface area contributed by atoms with Crippen molar-refractivity contribution < 1.29 is 28.6 Å². The first-order chi connectivity index (χ1) is 36.0. The van der Waals surface area contributed by atoms with E-state index in [1.54, 1.807) is 0 Å². The van der Waals surface area contributed by atoms with E-state index in [1.165, 1.54) is 116 Å². The van der Waals surface area contributed by atoms with E-state index in [-0.39, 0.29) is 31.1 Å². The minimum Gasteiger partial charge on any atom is -0.462 e. The Kier molecular flexibility index (Phi) is 57.4. The van der Waals surface area contributed by atoms with Crippen molar-refractivity contribution in [1.82, 2.24) is 0 Å². The van der Waals surface area contributed by atoms with Crippen molar-refractivity contribution in [3.63, 3.8) is 0 Å². The first kappa shape index (κ1) is 69.1. The van der Waals surface area contributed by atoms with Gasteiger partial charge < -0.3 is 14.2 Å². The standard InChI is InChI=1S/C67H112O6/c1-4-7-10-13-16-19-22-25-27-29-31-32-33-34-36-37-39-42-45-48-51-54-57-60-66(69)72-63-64(62-71-65(68)59-56-53-50-47-44-41-24-21-18-15-12-9-6-3)73-67(70)61-58-55-52-49-46-43-40-38-35-30-28-26-23-20-17-14-11-8-5-2/h7,9-10,12,16,18-19,21,25-28,31-32,34,36,41,44,64H,4-6,8,11,13-15,17,20,22-24,29-30,33,35,37-40,42-43,45-63H2,1-3H3/b10-7-,12-9-,19-16-,21-18-,27-25-,28-26-,32-31-,36-34-,44-41-. The summed E-state index contributed by atoms with van der Waals surface area (Å²) in [6, 6.07) is 0. The van der Waals surface area contributed by atoms with Gasteiger partial charge in [0.15, 0.2) is 6.10 Å². The van der Waals surface area contributed by atoms with E-state index >= 15 is 0 Å². The van der Waals surface area contributed by atoms with Crippen LogP contribution in [0.2, 0.25) is 0 Å². The van der Waals surface area contributed by atoms with E-state index in [4.69, 9.17) is 14.2 Å². The zero-order valence-electron chi connectivity index (χ0n) is 47.6. The molecule has 0 aliphatic rings. The van der Waals surface area contributed by atoms with Crippen molar-refractivity contribution in [2.75, 3.05) is 13.2 Å². The smallest absolute Gasteiger partial charge is 0.306 e. The van der Waals surface area contributed by atoms with Crippen LogP contribution in [0.25, 0.3) is 0 Å². The molecule has 0 bridgehead atoms. The van der Waals surface area contributed by atoms with Gasteiger partial charge in [-0.3, -0.25) is 14.4 Å². The number of ether oxygens (including phenoxy) is 3. The maximum atomic E-state index is 12.9. The Morgan fingerprint density at radius 3 is 0.863 bits per heavy atom. The lowest BCUT2D eigenvalue weighted by Gasteiger charge is -2.18. The lowest BCUT2D eigenvalue weighted by atomic mass is 10.1. The summed E-state index contributed by atoms with van der Waals surface area (Å²) < 4.78 is 16.9. The summed E-state index contributed by atoms with van der Waals surface area (Å²) in [6.45, 7) is 6.38. The maximum absolute atomic E-state index is 12.9. The van der Waals surface area contributed by atoms with Crippen molar-refractivity contribution in [2.45, 2.75) is 284 Å². The molecule has 0 spiro atoms. The molecule has 0 saturated heterocycles. The molecule has 0 aromatic rings. The fourth-order valence-corrected chi connectivity index (χ4v) is 8.24. The molecule has 1 unspecified atom stereocenters. The largest absolute Gasteiger partial charge is 0.462 e. The predicted molar refractivity (Wildman–Crippen MR) is 316 cm³/mol. The molecule has 6 nitrogen and oxygen atoms in total. The van der Waals surface area contributed by atoms with E-state index in [2.05, 4.69) is 130 Å². The van der Waals surface area contributed by atoms with Crippen LogP contribution in [0, 0.1) is 0 Å². The van der Waals surface area contributed by atoms with Gasteiger partial charge in [0.05, 0.1) is 0 Å². The molecule has 0 saturated carbocycles. The number of esters is 3. The Labute approximate surface area is 450 Å². The van der Waals surface area contributed by atoms with Gasteiger partial charge in [-0.15, -0.1) is 0 Å². The fourth-order valence-electron chi connectivity index (χ4n) is 8.24. The van der Waals surface area contributed by atoms with Crippen molar-refractivity contribution in [2.24, 2.45) is 0 Å². The van der Waals surface area contributed by atoms with Crippen LogP contribution in [-0.2, 0) is 28.6 Å². The summed E-state index contributed by atoms with van der Waals surface area (Å²) in [7, 11) is 0. The molecule has 73 heavy (non-hydrogen) atoms. The Hall–Kier alpha value is -3.93. The molecule has 0 radical (unpaired) electrons. The van der Waals surface area contributed by atoms with Crippen LogP contribution in [0.5, 0.6) is 0 Å². The number of carbonyl (C=O) groups is 3. The normalized spacial score (nSPS) is 12.9. The van der Waals surface area contributed by atoms with E-state index in [9.17, 15) is 14.4 Å². The molecule has 0 fully saturated rings. The van der Waals surface area contributed by atoms with Crippen LogP contribution in [0.15, 0.2) is 109 Å². The first-order valence-electron chi connectivity index (χ1n) is 30.4. The summed E-state index contributed by atoms with van der Waals surface area (Å²) in [5, 5.41) is 0. The highest BCUT2D eigenvalue weighted by molar-refractivity contribution is 5.71. The zero-order valence-corrected chi connectivity index (χ0v) is 47.6. The Morgan fingerprint density at radius 1 is 0.288 bits per heavy atom. The van der Waals surface area contributed by atoms with Gasteiger partial charge in [-0.25, -0.2) is 0 Å². The van der Waals surface area contributed by atoms with Crippen LogP contribution in [-0.4, -0.2) is 37.2 Å². The summed E-state index contributed by atoms with van der Waals surface area (Å²) in [5.74, 6) is -0.933. The third-order valence-electron chi connectivity index (χ3n) is 12.7. The monoisotopic (exact) mass is 1010 g/mol. The molecule has 0 aromatic carbocycles. The second-order valence-electron chi connectivity index (χ2n) is 19.8. The van der Waals surface area contributed by atoms with Gasteiger partial charge in [0.2, 0.25) is 0 Å². The van der Waals surface area contributed by atoms with Crippen LogP contribution in [0.1, 0.15) is 278 Å². The van der Waals surface area contributed by atoms with Crippen LogP contribution >= 0.6 is 0 Å². The molecule has 0 N–H and O–H groups in total. The second-order valence-corrected chi connectivity index (χ2v) is 19.8. The number of unbranched alkanes of at least 4 members (excludes halogenated alkanes) is 25. The highest BCUT2D eigenvalue weighted by Gasteiger charge is 2.19. The van der Waals surface area contributed by atoms with Crippen molar-refractivity contribution in [3.05, 3.63) is 109 Å². The van der Waals surface area contributed by atoms with Crippen LogP contribution < -0.4 is 0 Å². The van der Waals surface area contributed by atoms with Gasteiger partial charge in [-0.1, -0.05) is 246 Å². The molecule has 0 aliphatic carbocycles. The molecular weight excluding hydrogens is 901 g/mol. The van der Waals surface area contributed by atoms with Crippen molar-refractivity contribution in [1.29, 1.82) is 0 Å². The predicted octanol–water partition coefficient (Wildman–Crippen LogP) is 20.7. The third-order valence-corrected chi connectivity index (χ3v) is 12.7.